The first-order valence-electron chi connectivity index (χ1n) is 8.68. The van der Waals surface area contributed by atoms with Crippen molar-refractivity contribution in [3.8, 4) is 11.4 Å². The number of nitrogens with zero attached hydrogens (tertiary/aromatic N) is 4. The van der Waals surface area contributed by atoms with Gasteiger partial charge in [-0.2, -0.15) is 13.2 Å². The Kier molecular flexibility index (Phi) is 6.18. The number of likely N-dealkylation sites (N-methyl/N-ethyl adjacent to an activating group) is 1. The maximum Gasteiger partial charge on any atom is 0.416 e. The topological polar surface area (TPSA) is 44.3 Å². The molecule has 0 unspecified atom stereocenters. The number of benzene rings is 1. The largest absolute Gasteiger partial charge is 0.416 e. The van der Waals surface area contributed by atoms with Crippen molar-refractivity contribution in [3.05, 3.63) is 41.0 Å². The fraction of sp³-hybridized carbons (Fsp3) is 0.444. The molecule has 0 bridgehead atoms. The zero-order valence-corrected chi connectivity index (χ0v) is 15.7. The van der Waals surface area contributed by atoms with Crippen LogP contribution in [0.2, 0.25) is 5.15 Å². The zero-order valence-electron chi connectivity index (χ0n) is 14.9. The first-order valence-corrected chi connectivity index (χ1v) is 9.06. The van der Waals surface area contributed by atoms with Crippen LogP contribution in [0.4, 0.5) is 19.0 Å². The van der Waals surface area contributed by atoms with Crippen molar-refractivity contribution >= 4 is 17.4 Å². The zero-order chi connectivity index (χ0) is 19.4. The van der Waals surface area contributed by atoms with E-state index in [4.69, 9.17) is 11.6 Å². The Hall–Kier alpha value is -1.90. The molecule has 5 nitrogen and oxygen atoms in total. The molecule has 1 aliphatic rings. The van der Waals surface area contributed by atoms with Crippen molar-refractivity contribution in [2.24, 2.45) is 0 Å². The van der Waals surface area contributed by atoms with Crippen molar-refractivity contribution in [2.45, 2.75) is 6.18 Å². The third-order valence-electron chi connectivity index (χ3n) is 4.47. The van der Waals surface area contributed by atoms with Gasteiger partial charge >= 0.3 is 6.18 Å². The van der Waals surface area contributed by atoms with Crippen molar-refractivity contribution in [1.82, 2.24) is 19.8 Å². The summed E-state index contributed by atoms with van der Waals surface area (Å²) in [6, 6.07) is 6.49. The van der Waals surface area contributed by atoms with Gasteiger partial charge < -0.3 is 10.2 Å². The van der Waals surface area contributed by atoms with Crippen molar-refractivity contribution in [1.29, 1.82) is 0 Å². The molecule has 0 radical (unpaired) electrons. The fourth-order valence-corrected chi connectivity index (χ4v) is 3.07. The van der Waals surface area contributed by atoms with Gasteiger partial charge in [-0.25, -0.2) is 9.97 Å². The molecule has 3 rings (SSSR count). The van der Waals surface area contributed by atoms with Gasteiger partial charge in [-0.05, 0) is 19.2 Å². The highest BCUT2D eigenvalue weighted by molar-refractivity contribution is 6.29. The van der Waals surface area contributed by atoms with E-state index >= 15 is 0 Å². The van der Waals surface area contributed by atoms with Crippen LogP contribution >= 0.6 is 11.6 Å². The van der Waals surface area contributed by atoms with Crippen LogP contribution in [0.15, 0.2) is 30.3 Å². The highest BCUT2D eigenvalue weighted by atomic mass is 35.5. The average Bonchev–Trinajstić information content (AvgIpc) is 2.62. The van der Waals surface area contributed by atoms with Crippen LogP contribution in [0, 0.1) is 0 Å². The maximum atomic E-state index is 12.9. The van der Waals surface area contributed by atoms with Crippen LogP contribution in [0.3, 0.4) is 0 Å². The Labute approximate surface area is 161 Å². The predicted octanol–water partition coefficient (Wildman–Crippen LogP) is 3.48. The highest BCUT2D eigenvalue weighted by Crippen LogP contribution is 2.31. The van der Waals surface area contributed by atoms with Gasteiger partial charge in [0.25, 0.3) is 0 Å². The second kappa shape index (κ2) is 8.41. The van der Waals surface area contributed by atoms with E-state index in [9.17, 15) is 13.2 Å². The molecular weight excluding hydrogens is 379 g/mol. The molecule has 1 fully saturated rings. The number of piperazine rings is 1. The summed E-state index contributed by atoms with van der Waals surface area (Å²) in [6.45, 7) is 5.63. The maximum absolute atomic E-state index is 12.9. The van der Waals surface area contributed by atoms with E-state index < -0.39 is 11.7 Å². The number of nitrogens with one attached hydrogen (secondary N) is 1. The SMILES string of the molecule is CN1CCN(CCNc2cc(Cl)nc(-c3cccc(C(F)(F)F)c3)n2)CC1. The Morgan fingerprint density at radius 3 is 2.56 bits per heavy atom. The minimum atomic E-state index is -4.42. The Bertz CT molecular complexity index is 776. The molecular formula is C18H21ClF3N5. The third-order valence-corrected chi connectivity index (χ3v) is 4.67. The van der Waals surface area contributed by atoms with E-state index in [0.29, 0.717) is 12.4 Å². The van der Waals surface area contributed by atoms with Crippen LogP contribution in [0.5, 0.6) is 0 Å². The molecule has 1 saturated heterocycles. The normalized spacial score (nSPS) is 16.5. The third kappa shape index (κ3) is 5.54. The molecule has 2 heterocycles. The molecule has 0 atom stereocenters. The number of hydrogen-bond acceptors (Lipinski definition) is 5. The lowest BCUT2D eigenvalue weighted by atomic mass is 10.1. The Balaban J connectivity index is 1.68. The first kappa shape index (κ1) is 19.9. The molecule has 1 aliphatic heterocycles. The summed E-state index contributed by atoms with van der Waals surface area (Å²) in [5.74, 6) is 0.659. The van der Waals surface area contributed by atoms with Gasteiger partial charge in [-0.1, -0.05) is 23.7 Å². The van der Waals surface area contributed by atoms with Gasteiger partial charge in [0.15, 0.2) is 5.82 Å². The number of rotatable bonds is 5. The average molecular weight is 400 g/mol. The van der Waals surface area contributed by atoms with E-state index in [1.165, 1.54) is 12.1 Å². The molecule has 9 heteroatoms. The van der Waals surface area contributed by atoms with Gasteiger partial charge in [-0.15, -0.1) is 0 Å². The van der Waals surface area contributed by atoms with E-state index in [1.807, 2.05) is 0 Å². The minimum absolute atomic E-state index is 0.163. The number of alkyl halides is 3. The molecule has 0 spiro atoms. The lowest BCUT2D eigenvalue weighted by molar-refractivity contribution is -0.137. The molecule has 27 heavy (non-hydrogen) atoms. The molecule has 0 saturated carbocycles. The van der Waals surface area contributed by atoms with Crippen LogP contribution in [0.25, 0.3) is 11.4 Å². The molecule has 1 aromatic heterocycles. The molecule has 0 amide bonds. The van der Waals surface area contributed by atoms with Gasteiger partial charge in [0.1, 0.15) is 11.0 Å². The predicted molar refractivity (Wildman–Crippen MR) is 99.9 cm³/mol. The van der Waals surface area contributed by atoms with E-state index in [2.05, 4.69) is 32.1 Å². The van der Waals surface area contributed by atoms with Gasteiger partial charge in [0, 0.05) is 50.9 Å². The second-order valence-electron chi connectivity index (χ2n) is 6.55. The standard InChI is InChI=1S/C18H21ClF3N5/c1-26-7-9-27(10-8-26)6-5-23-16-12-15(19)24-17(25-16)13-3-2-4-14(11-13)18(20,21)22/h2-4,11-12H,5-10H2,1H3,(H,23,24,25). The molecule has 2 aromatic rings. The van der Waals surface area contributed by atoms with Crippen molar-refractivity contribution in [3.63, 3.8) is 0 Å². The molecule has 1 N–H and O–H groups in total. The number of aromatic nitrogens is 2. The van der Waals surface area contributed by atoms with E-state index in [1.54, 1.807) is 6.07 Å². The minimum Gasteiger partial charge on any atom is -0.369 e. The first-order chi connectivity index (χ1) is 12.8. The van der Waals surface area contributed by atoms with Crippen LogP contribution in [-0.4, -0.2) is 66.1 Å². The summed E-state index contributed by atoms with van der Waals surface area (Å²) in [5, 5.41) is 3.37. The summed E-state index contributed by atoms with van der Waals surface area (Å²) in [4.78, 5) is 13.0. The number of halogens is 4. The monoisotopic (exact) mass is 399 g/mol. The Morgan fingerprint density at radius 2 is 1.85 bits per heavy atom. The summed E-state index contributed by atoms with van der Waals surface area (Å²) < 4.78 is 38.8. The quantitative estimate of drug-likeness (QED) is 0.780. The lowest BCUT2D eigenvalue weighted by Crippen LogP contribution is -2.45. The summed E-state index contributed by atoms with van der Waals surface area (Å²) >= 11 is 6.04. The van der Waals surface area contributed by atoms with Gasteiger partial charge in [0.2, 0.25) is 0 Å². The highest BCUT2D eigenvalue weighted by Gasteiger charge is 2.30. The number of hydrogen-bond donors (Lipinski definition) is 1. The van der Waals surface area contributed by atoms with Crippen molar-refractivity contribution < 1.29 is 13.2 Å². The van der Waals surface area contributed by atoms with Gasteiger partial charge in [0.05, 0.1) is 5.56 Å². The van der Waals surface area contributed by atoms with Crippen LogP contribution < -0.4 is 5.32 Å². The second-order valence-corrected chi connectivity index (χ2v) is 6.94. The summed E-state index contributed by atoms with van der Waals surface area (Å²) in [5.41, 5.74) is -0.470. The van der Waals surface area contributed by atoms with Crippen molar-refractivity contribution in [2.75, 3.05) is 51.6 Å². The van der Waals surface area contributed by atoms with Crippen LogP contribution in [-0.2, 0) is 6.18 Å². The molecule has 146 valence electrons. The van der Waals surface area contributed by atoms with E-state index in [-0.39, 0.29) is 16.5 Å². The fourth-order valence-electron chi connectivity index (χ4n) is 2.89. The van der Waals surface area contributed by atoms with Crippen LogP contribution in [0.1, 0.15) is 5.56 Å². The number of anilines is 1. The summed E-state index contributed by atoms with van der Waals surface area (Å²) in [6.07, 6.45) is -4.42. The lowest BCUT2D eigenvalue weighted by Gasteiger charge is -2.32. The van der Waals surface area contributed by atoms with E-state index in [0.717, 1.165) is 44.9 Å². The summed E-state index contributed by atoms with van der Waals surface area (Å²) in [7, 11) is 2.10. The molecule has 1 aromatic carbocycles. The molecule has 0 aliphatic carbocycles. The smallest absolute Gasteiger partial charge is 0.369 e. The Morgan fingerprint density at radius 1 is 1.11 bits per heavy atom. The van der Waals surface area contributed by atoms with Gasteiger partial charge in [-0.3, -0.25) is 4.90 Å².